The molecule has 5 heteroatoms. The van der Waals surface area contributed by atoms with E-state index in [4.69, 9.17) is 0 Å². The molecule has 1 saturated carbocycles. The molecule has 2 aromatic rings. The van der Waals surface area contributed by atoms with Crippen molar-refractivity contribution < 1.29 is 5.11 Å². The van der Waals surface area contributed by atoms with Crippen LogP contribution in [-0.2, 0) is 6.42 Å². The molecule has 108 valence electrons. The van der Waals surface area contributed by atoms with Gasteiger partial charge in [-0.2, -0.15) is 5.10 Å². The molecule has 1 unspecified atom stereocenters. The van der Waals surface area contributed by atoms with Crippen LogP contribution in [0.5, 0.6) is 0 Å². The lowest BCUT2D eigenvalue weighted by molar-refractivity contribution is 0.177. The molecule has 2 heterocycles. The third-order valence-electron chi connectivity index (χ3n) is 3.99. The highest BCUT2D eigenvalue weighted by molar-refractivity contribution is 14.1. The van der Waals surface area contributed by atoms with E-state index in [0.717, 1.165) is 11.3 Å². The summed E-state index contributed by atoms with van der Waals surface area (Å²) in [5.74, 6) is 0. The van der Waals surface area contributed by atoms with E-state index in [1.165, 1.54) is 35.0 Å². The number of thiophene rings is 1. The van der Waals surface area contributed by atoms with Crippen LogP contribution in [0.15, 0.2) is 23.7 Å². The van der Waals surface area contributed by atoms with Crippen molar-refractivity contribution in [3.05, 3.63) is 37.9 Å². The molecule has 20 heavy (non-hydrogen) atoms. The number of aliphatic hydroxyl groups is 1. The molecule has 3 nitrogen and oxygen atoms in total. The molecule has 2 aromatic heterocycles. The predicted octanol–water partition coefficient (Wildman–Crippen LogP) is 4.33. The Labute approximate surface area is 137 Å². The van der Waals surface area contributed by atoms with Gasteiger partial charge in [0.2, 0.25) is 0 Å². The van der Waals surface area contributed by atoms with E-state index in [9.17, 15) is 5.11 Å². The smallest absolute Gasteiger partial charge is 0.0854 e. The van der Waals surface area contributed by atoms with E-state index in [1.54, 1.807) is 11.3 Å². The molecule has 0 bridgehead atoms. The van der Waals surface area contributed by atoms with Gasteiger partial charge in [0.05, 0.1) is 20.7 Å². The highest BCUT2D eigenvalue weighted by atomic mass is 127. The van der Waals surface area contributed by atoms with Crippen molar-refractivity contribution >= 4 is 33.9 Å². The number of hydrogen-bond donors (Lipinski definition) is 1. The molecular formula is C15H19IN2OS. The Kier molecular flexibility index (Phi) is 4.78. The zero-order valence-corrected chi connectivity index (χ0v) is 14.3. The number of hydrogen-bond acceptors (Lipinski definition) is 3. The van der Waals surface area contributed by atoms with Crippen molar-refractivity contribution in [3.8, 4) is 0 Å². The molecule has 0 saturated heterocycles. The number of nitrogens with zero attached hydrogens (tertiary/aromatic N) is 2. The maximum atomic E-state index is 10.3. The summed E-state index contributed by atoms with van der Waals surface area (Å²) < 4.78 is 3.32. The Hall–Kier alpha value is -0.400. The molecule has 1 fully saturated rings. The molecule has 0 spiro atoms. The fraction of sp³-hybridized carbons (Fsp3) is 0.533. The van der Waals surface area contributed by atoms with Crippen molar-refractivity contribution in [2.45, 2.75) is 50.7 Å². The minimum absolute atomic E-state index is 0.440. The lowest BCUT2D eigenvalue weighted by Crippen LogP contribution is -2.13. The van der Waals surface area contributed by atoms with E-state index in [1.807, 2.05) is 11.4 Å². The molecule has 0 aliphatic heterocycles. The second-order valence-electron chi connectivity index (χ2n) is 5.48. The monoisotopic (exact) mass is 402 g/mol. The van der Waals surface area contributed by atoms with Crippen LogP contribution in [0.1, 0.15) is 55.5 Å². The number of aliphatic hydroxyl groups excluding tert-OH is 1. The Bertz CT molecular complexity index is 560. The Morgan fingerprint density at radius 1 is 1.40 bits per heavy atom. The van der Waals surface area contributed by atoms with Crippen LogP contribution >= 0.6 is 33.9 Å². The standard InChI is InChI=1S/C15H19IN2OS/c16-15-8-11(10-20-15)14(19)9-12-6-7-18(17-12)13-4-2-1-3-5-13/h6-8,10,13-14,19H,1-5,9H2. The summed E-state index contributed by atoms with van der Waals surface area (Å²) in [5, 5.41) is 17.0. The van der Waals surface area contributed by atoms with Crippen molar-refractivity contribution in [3.63, 3.8) is 0 Å². The van der Waals surface area contributed by atoms with Crippen LogP contribution in [0, 0.1) is 2.88 Å². The first kappa shape index (κ1) is 14.5. The average molecular weight is 402 g/mol. The largest absolute Gasteiger partial charge is 0.388 e. The van der Waals surface area contributed by atoms with Gasteiger partial charge in [0.25, 0.3) is 0 Å². The maximum absolute atomic E-state index is 10.3. The van der Waals surface area contributed by atoms with Crippen LogP contribution in [0.25, 0.3) is 0 Å². The Balaban J connectivity index is 1.64. The summed E-state index contributed by atoms with van der Waals surface area (Å²) in [7, 11) is 0. The number of halogens is 1. The summed E-state index contributed by atoms with van der Waals surface area (Å²) in [4.78, 5) is 0. The normalized spacial score (nSPS) is 18.3. The van der Waals surface area contributed by atoms with E-state index in [2.05, 4.69) is 44.6 Å². The second kappa shape index (κ2) is 6.58. The molecule has 0 radical (unpaired) electrons. The first-order valence-corrected chi connectivity index (χ1v) is 9.14. The van der Waals surface area contributed by atoms with Crippen LogP contribution in [0.2, 0.25) is 0 Å². The first-order chi connectivity index (χ1) is 9.72. The minimum atomic E-state index is -0.440. The topological polar surface area (TPSA) is 38.0 Å². The van der Waals surface area contributed by atoms with Gasteiger partial charge in [0.1, 0.15) is 0 Å². The second-order valence-corrected chi connectivity index (χ2v) is 8.29. The summed E-state index contributed by atoms with van der Waals surface area (Å²) in [5.41, 5.74) is 2.00. The van der Waals surface area contributed by atoms with Gasteiger partial charge in [0, 0.05) is 12.6 Å². The average Bonchev–Trinajstić information content (AvgIpc) is 3.09. The van der Waals surface area contributed by atoms with Gasteiger partial charge in [-0.1, -0.05) is 19.3 Å². The fourth-order valence-electron chi connectivity index (χ4n) is 2.85. The predicted molar refractivity (Wildman–Crippen MR) is 90.0 cm³/mol. The quantitative estimate of drug-likeness (QED) is 0.774. The van der Waals surface area contributed by atoms with Crippen LogP contribution < -0.4 is 0 Å². The first-order valence-electron chi connectivity index (χ1n) is 7.18. The third-order valence-corrected chi connectivity index (χ3v) is 5.79. The summed E-state index contributed by atoms with van der Waals surface area (Å²) in [6.45, 7) is 0. The molecule has 1 N–H and O–H groups in total. The van der Waals surface area contributed by atoms with Gasteiger partial charge < -0.3 is 5.11 Å². The lowest BCUT2D eigenvalue weighted by atomic mass is 9.96. The Morgan fingerprint density at radius 3 is 2.90 bits per heavy atom. The third kappa shape index (κ3) is 3.43. The number of aromatic nitrogens is 2. The summed E-state index contributed by atoms with van der Waals surface area (Å²) in [6, 6.07) is 4.67. The molecule has 1 atom stereocenters. The molecule has 1 aliphatic carbocycles. The van der Waals surface area contributed by atoms with E-state index in [-0.39, 0.29) is 0 Å². The molecule has 0 aromatic carbocycles. The summed E-state index contributed by atoms with van der Waals surface area (Å²) in [6.07, 6.45) is 8.72. The van der Waals surface area contributed by atoms with Gasteiger partial charge in [-0.15, -0.1) is 11.3 Å². The van der Waals surface area contributed by atoms with Crippen LogP contribution in [-0.4, -0.2) is 14.9 Å². The van der Waals surface area contributed by atoms with Gasteiger partial charge in [-0.05, 0) is 58.5 Å². The van der Waals surface area contributed by atoms with Crippen LogP contribution in [0.3, 0.4) is 0 Å². The van der Waals surface area contributed by atoms with Gasteiger partial charge in [-0.3, -0.25) is 4.68 Å². The molecule has 1 aliphatic rings. The van der Waals surface area contributed by atoms with Gasteiger partial charge >= 0.3 is 0 Å². The van der Waals surface area contributed by atoms with Gasteiger partial charge in [-0.25, -0.2) is 0 Å². The summed E-state index contributed by atoms with van der Waals surface area (Å²) >= 11 is 3.96. The van der Waals surface area contributed by atoms with E-state index >= 15 is 0 Å². The fourth-order valence-corrected chi connectivity index (χ4v) is 4.27. The lowest BCUT2D eigenvalue weighted by Gasteiger charge is -2.21. The maximum Gasteiger partial charge on any atom is 0.0854 e. The number of rotatable bonds is 4. The van der Waals surface area contributed by atoms with E-state index < -0.39 is 6.10 Å². The SMILES string of the molecule is OC(Cc1ccn(C2CCCCC2)n1)c1csc(I)c1. The molecule has 3 rings (SSSR count). The van der Waals surface area contributed by atoms with E-state index in [0.29, 0.717) is 12.5 Å². The minimum Gasteiger partial charge on any atom is -0.388 e. The molecular weight excluding hydrogens is 383 g/mol. The molecule has 0 amide bonds. The van der Waals surface area contributed by atoms with Crippen LogP contribution in [0.4, 0.5) is 0 Å². The van der Waals surface area contributed by atoms with Gasteiger partial charge in [0.15, 0.2) is 0 Å². The highest BCUT2D eigenvalue weighted by Crippen LogP contribution is 2.28. The highest BCUT2D eigenvalue weighted by Gasteiger charge is 2.17. The Morgan fingerprint density at radius 2 is 2.20 bits per heavy atom. The van der Waals surface area contributed by atoms with Crippen molar-refractivity contribution in [1.82, 2.24) is 9.78 Å². The van der Waals surface area contributed by atoms with Crippen molar-refractivity contribution in [2.75, 3.05) is 0 Å². The van der Waals surface area contributed by atoms with Crippen molar-refractivity contribution in [2.24, 2.45) is 0 Å². The zero-order valence-electron chi connectivity index (χ0n) is 11.3. The zero-order chi connectivity index (χ0) is 13.9. The van der Waals surface area contributed by atoms with Crippen molar-refractivity contribution in [1.29, 1.82) is 0 Å².